The van der Waals surface area contributed by atoms with Crippen molar-refractivity contribution in [3.63, 3.8) is 0 Å². The molecular formula is C28H26N2O4. The minimum absolute atomic E-state index is 0.223. The summed E-state index contributed by atoms with van der Waals surface area (Å²) in [5, 5.41) is 3.76. The van der Waals surface area contributed by atoms with E-state index in [1.54, 1.807) is 36.4 Å². The van der Waals surface area contributed by atoms with E-state index in [0.29, 0.717) is 11.1 Å². The molecule has 0 aliphatic rings. The van der Waals surface area contributed by atoms with Crippen LogP contribution in [-0.2, 0) is 22.4 Å². The van der Waals surface area contributed by atoms with E-state index in [1.165, 1.54) is 0 Å². The highest BCUT2D eigenvalue weighted by atomic mass is 16.5. The summed E-state index contributed by atoms with van der Waals surface area (Å²) in [4.78, 5) is 41.5. The Labute approximate surface area is 198 Å². The van der Waals surface area contributed by atoms with Crippen molar-refractivity contribution in [2.24, 2.45) is 0 Å². The molecule has 4 rings (SSSR count). The molecular weight excluding hydrogens is 428 g/mol. The molecule has 1 unspecified atom stereocenters. The van der Waals surface area contributed by atoms with Gasteiger partial charge in [-0.2, -0.15) is 0 Å². The molecule has 0 radical (unpaired) electrons. The molecule has 3 aromatic carbocycles. The van der Waals surface area contributed by atoms with Gasteiger partial charge in [-0.05, 0) is 35.7 Å². The van der Waals surface area contributed by atoms with Crippen LogP contribution in [0.2, 0.25) is 0 Å². The number of Topliss-reactive ketones (excluding diaryl/α,β-unsaturated/α-hetero) is 1. The van der Waals surface area contributed by atoms with Crippen LogP contribution in [0.15, 0.2) is 85.1 Å². The molecule has 0 aliphatic carbocycles. The van der Waals surface area contributed by atoms with E-state index >= 15 is 0 Å². The van der Waals surface area contributed by atoms with Crippen LogP contribution in [0.3, 0.4) is 0 Å². The number of nitrogens with one attached hydrogen (secondary N) is 2. The zero-order valence-electron chi connectivity index (χ0n) is 18.9. The van der Waals surface area contributed by atoms with Crippen molar-refractivity contribution in [1.29, 1.82) is 0 Å². The van der Waals surface area contributed by atoms with Gasteiger partial charge in [-0.25, -0.2) is 4.79 Å². The number of para-hydroxylation sites is 1. The number of carbonyl (C=O) groups is 3. The SMILES string of the molecule is CCc1ccc(C(=O)NC(Cc2c[nH]c3ccccc23)C(=O)OCC(=O)c2ccccc2)cc1. The van der Waals surface area contributed by atoms with E-state index in [0.717, 1.165) is 28.5 Å². The van der Waals surface area contributed by atoms with Crippen LogP contribution in [0.25, 0.3) is 10.9 Å². The zero-order valence-corrected chi connectivity index (χ0v) is 18.9. The quantitative estimate of drug-likeness (QED) is 0.288. The lowest BCUT2D eigenvalue weighted by Gasteiger charge is -2.18. The van der Waals surface area contributed by atoms with Gasteiger partial charge in [-0.15, -0.1) is 0 Å². The van der Waals surface area contributed by atoms with E-state index in [2.05, 4.69) is 10.3 Å². The Morgan fingerprint density at radius 2 is 1.59 bits per heavy atom. The number of aromatic amines is 1. The number of fused-ring (bicyclic) bond motifs is 1. The summed E-state index contributed by atoms with van der Waals surface area (Å²) in [6, 6.07) is 22.7. The first kappa shape index (κ1) is 23.0. The molecule has 1 atom stereocenters. The molecule has 0 saturated heterocycles. The largest absolute Gasteiger partial charge is 0.456 e. The van der Waals surface area contributed by atoms with Crippen LogP contribution >= 0.6 is 0 Å². The standard InChI is InChI=1S/C28H26N2O4/c1-2-19-12-14-21(15-13-19)27(32)30-25(16-22-17-29-24-11-7-6-10-23(22)24)28(33)34-18-26(31)20-8-4-3-5-9-20/h3-15,17,25,29H,2,16,18H2,1H3,(H,30,32). The fourth-order valence-electron chi connectivity index (χ4n) is 3.79. The smallest absolute Gasteiger partial charge is 0.329 e. The van der Waals surface area contributed by atoms with Gasteiger partial charge in [0.25, 0.3) is 5.91 Å². The first-order valence-corrected chi connectivity index (χ1v) is 11.2. The minimum atomic E-state index is -0.957. The van der Waals surface area contributed by atoms with E-state index in [1.807, 2.05) is 55.6 Å². The molecule has 6 nitrogen and oxygen atoms in total. The van der Waals surface area contributed by atoms with Gasteiger partial charge in [-0.3, -0.25) is 9.59 Å². The van der Waals surface area contributed by atoms with Gasteiger partial charge in [0, 0.05) is 34.6 Å². The summed E-state index contributed by atoms with van der Waals surface area (Å²) >= 11 is 0. The molecule has 1 heterocycles. The Morgan fingerprint density at radius 3 is 2.32 bits per heavy atom. The fourth-order valence-corrected chi connectivity index (χ4v) is 3.79. The van der Waals surface area contributed by atoms with Gasteiger partial charge in [0.05, 0.1) is 0 Å². The average Bonchev–Trinajstić information content (AvgIpc) is 3.30. The van der Waals surface area contributed by atoms with Crippen LogP contribution in [-0.4, -0.2) is 35.3 Å². The highest BCUT2D eigenvalue weighted by Gasteiger charge is 2.25. The van der Waals surface area contributed by atoms with Crippen molar-refractivity contribution in [1.82, 2.24) is 10.3 Å². The Bertz CT molecular complexity index is 1290. The molecule has 1 amide bonds. The maximum atomic E-state index is 13.0. The monoisotopic (exact) mass is 454 g/mol. The van der Waals surface area contributed by atoms with E-state index in [4.69, 9.17) is 4.74 Å². The maximum absolute atomic E-state index is 13.0. The molecule has 0 fully saturated rings. The highest BCUT2D eigenvalue weighted by Crippen LogP contribution is 2.20. The molecule has 1 aromatic heterocycles. The number of ether oxygens (including phenoxy) is 1. The van der Waals surface area contributed by atoms with Gasteiger partial charge >= 0.3 is 5.97 Å². The first-order chi connectivity index (χ1) is 16.5. The number of hydrogen-bond acceptors (Lipinski definition) is 4. The molecule has 0 bridgehead atoms. The summed E-state index contributed by atoms with van der Waals surface area (Å²) in [6.07, 6.45) is 2.91. The number of aryl methyl sites for hydroxylation is 1. The molecule has 4 aromatic rings. The third kappa shape index (κ3) is 5.41. The summed E-state index contributed by atoms with van der Waals surface area (Å²) < 4.78 is 5.34. The van der Waals surface area contributed by atoms with E-state index in [-0.39, 0.29) is 18.1 Å². The lowest BCUT2D eigenvalue weighted by molar-refractivity contribution is -0.144. The van der Waals surface area contributed by atoms with Crippen molar-refractivity contribution < 1.29 is 19.1 Å². The minimum Gasteiger partial charge on any atom is -0.456 e. The fraction of sp³-hybridized carbons (Fsp3) is 0.179. The molecule has 0 aliphatic heterocycles. The molecule has 0 spiro atoms. The van der Waals surface area contributed by atoms with E-state index < -0.39 is 18.6 Å². The number of amides is 1. The van der Waals surface area contributed by atoms with Crippen molar-refractivity contribution >= 4 is 28.6 Å². The third-order valence-corrected chi connectivity index (χ3v) is 5.75. The zero-order chi connectivity index (χ0) is 23.9. The Hall–Kier alpha value is -4.19. The molecule has 0 saturated carbocycles. The predicted molar refractivity (Wildman–Crippen MR) is 131 cm³/mol. The average molecular weight is 455 g/mol. The summed E-state index contributed by atoms with van der Waals surface area (Å²) in [6.45, 7) is 1.65. The highest BCUT2D eigenvalue weighted by molar-refractivity contribution is 5.99. The topological polar surface area (TPSA) is 88.3 Å². The van der Waals surface area contributed by atoms with Crippen LogP contribution in [0.5, 0.6) is 0 Å². The lowest BCUT2D eigenvalue weighted by atomic mass is 10.0. The number of ketones is 1. The second-order valence-corrected chi connectivity index (χ2v) is 8.04. The van der Waals surface area contributed by atoms with Gasteiger partial charge in [-0.1, -0.05) is 67.6 Å². The Morgan fingerprint density at radius 1 is 0.882 bits per heavy atom. The summed E-state index contributed by atoms with van der Waals surface area (Å²) in [5.41, 5.74) is 3.84. The Kier molecular flexibility index (Phi) is 7.18. The van der Waals surface area contributed by atoms with Crippen molar-refractivity contribution in [2.45, 2.75) is 25.8 Å². The molecule has 34 heavy (non-hydrogen) atoms. The normalized spacial score (nSPS) is 11.7. The summed E-state index contributed by atoms with van der Waals surface area (Å²) in [5.74, 6) is -1.34. The van der Waals surface area contributed by atoms with Gasteiger partial charge in [0.1, 0.15) is 6.04 Å². The Balaban J connectivity index is 1.51. The second kappa shape index (κ2) is 10.6. The lowest BCUT2D eigenvalue weighted by Crippen LogP contribution is -2.43. The maximum Gasteiger partial charge on any atom is 0.329 e. The van der Waals surface area contributed by atoms with Crippen LogP contribution in [0, 0.1) is 0 Å². The van der Waals surface area contributed by atoms with Crippen LogP contribution < -0.4 is 5.32 Å². The first-order valence-electron chi connectivity index (χ1n) is 11.2. The number of benzene rings is 3. The second-order valence-electron chi connectivity index (χ2n) is 8.04. The number of esters is 1. The number of carbonyl (C=O) groups excluding carboxylic acids is 3. The molecule has 172 valence electrons. The van der Waals surface area contributed by atoms with Crippen LogP contribution in [0.1, 0.15) is 38.8 Å². The van der Waals surface area contributed by atoms with Gasteiger partial charge < -0.3 is 15.0 Å². The molecule has 2 N–H and O–H groups in total. The third-order valence-electron chi connectivity index (χ3n) is 5.75. The van der Waals surface area contributed by atoms with Crippen molar-refractivity contribution in [2.75, 3.05) is 6.61 Å². The number of hydrogen-bond donors (Lipinski definition) is 2. The van der Waals surface area contributed by atoms with Crippen molar-refractivity contribution in [3.8, 4) is 0 Å². The molecule has 6 heteroatoms. The predicted octanol–water partition coefficient (Wildman–Crippen LogP) is 4.50. The number of aromatic nitrogens is 1. The number of rotatable bonds is 9. The van der Waals surface area contributed by atoms with Gasteiger partial charge in [0.15, 0.2) is 12.4 Å². The van der Waals surface area contributed by atoms with Crippen molar-refractivity contribution in [3.05, 3.63) is 107 Å². The van der Waals surface area contributed by atoms with Gasteiger partial charge in [0.2, 0.25) is 0 Å². The number of H-pyrrole nitrogens is 1. The van der Waals surface area contributed by atoms with E-state index in [9.17, 15) is 14.4 Å². The summed E-state index contributed by atoms with van der Waals surface area (Å²) in [7, 11) is 0. The van der Waals surface area contributed by atoms with Crippen LogP contribution in [0.4, 0.5) is 0 Å².